The summed E-state index contributed by atoms with van der Waals surface area (Å²) in [7, 11) is 3.62. The Bertz CT molecular complexity index is 932. The molecule has 1 unspecified atom stereocenters. The second-order valence-corrected chi connectivity index (χ2v) is 6.72. The number of aromatic nitrogens is 5. The Hall–Kier alpha value is -3.20. The van der Waals surface area contributed by atoms with Crippen LogP contribution in [0.25, 0.3) is 5.69 Å². The maximum Gasteiger partial charge on any atom is 0.192 e. The molecule has 0 aliphatic rings. The zero-order valence-corrected chi connectivity index (χ0v) is 17.3. The molecule has 1 aromatic carbocycles. The Labute approximate surface area is 170 Å². The molecule has 3 aromatic rings. The summed E-state index contributed by atoms with van der Waals surface area (Å²) < 4.78 is 8.93. The van der Waals surface area contributed by atoms with Gasteiger partial charge in [-0.3, -0.25) is 0 Å². The lowest BCUT2D eigenvalue weighted by atomic mass is 10.1. The van der Waals surface area contributed by atoms with Crippen molar-refractivity contribution in [2.45, 2.75) is 26.4 Å². The van der Waals surface area contributed by atoms with Crippen molar-refractivity contribution in [3.63, 3.8) is 0 Å². The molecule has 154 valence electrons. The van der Waals surface area contributed by atoms with Crippen LogP contribution in [0, 0.1) is 6.92 Å². The van der Waals surface area contributed by atoms with Crippen LogP contribution >= 0.6 is 0 Å². The highest BCUT2D eigenvalue weighted by Crippen LogP contribution is 2.16. The van der Waals surface area contributed by atoms with Crippen molar-refractivity contribution in [3.8, 4) is 5.69 Å². The third-order valence-corrected chi connectivity index (χ3v) is 4.65. The molecule has 0 aliphatic heterocycles. The van der Waals surface area contributed by atoms with Gasteiger partial charge in [-0.15, -0.1) is 10.2 Å². The van der Waals surface area contributed by atoms with Crippen molar-refractivity contribution < 1.29 is 4.74 Å². The fourth-order valence-electron chi connectivity index (χ4n) is 2.81. The summed E-state index contributed by atoms with van der Waals surface area (Å²) in [5.74, 6) is 2.37. The summed E-state index contributed by atoms with van der Waals surface area (Å²) in [6.45, 7) is 5.69. The van der Waals surface area contributed by atoms with Crippen LogP contribution in [0.15, 0.2) is 47.7 Å². The van der Waals surface area contributed by atoms with Crippen LogP contribution in [-0.4, -0.2) is 50.8 Å². The molecule has 0 fully saturated rings. The molecule has 0 amide bonds. The molecular weight excluding hydrogens is 368 g/mol. The highest BCUT2D eigenvalue weighted by Gasteiger charge is 2.11. The highest BCUT2D eigenvalue weighted by molar-refractivity contribution is 5.80. The fraction of sp³-hybridized carbons (Fsp3) is 0.400. The molecule has 2 N–H and O–H groups in total. The number of guanidine groups is 1. The first-order chi connectivity index (χ1) is 14.1. The highest BCUT2D eigenvalue weighted by atomic mass is 16.5. The van der Waals surface area contributed by atoms with Crippen LogP contribution in [0.4, 0.5) is 0 Å². The van der Waals surface area contributed by atoms with Gasteiger partial charge in [0.15, 0.2) is 11.8 Å². The smallest absolute Gasteiger partial charge is 0.192 e. The van der Waals surface area contributed by atoms with Crippen molar-refractivity contribution in [2.24, 2.45) is 12.0 Å². The van der Waals surface area contributed by atoms with Crippen molar-refractivity contribution in [1.82, 2.24) is 35.2 Å². The van der Waals surface area contributed by atoms with E-state index in [1.807, 2.05) is 47.6 Å². The van der Waals surface area contributed by atoms with E-state index in [1.165, 1.54) is 0 Å². The quantitative estimate of drug-likeness (QED) is 0.342. The zero-order chi connectivity index (χ0) is 20.6. The maximum atomic E-state index is 5.14. The number of aliphatic imine (C=N–C) groups is 1. The third kappa shape index (κ3) is 5.41. The van der Waals surface area contributed by atoms with Crippen LogP contribution in [0.5, 0.6) is 0 Å². The summed E-state index contributed by atoms with van der Waals surface area (Å²) in [6.07, 6.45) is 3.70. The molecule has 0 spiro atoms. The number of methoxy groups -OCH3 is 1. The van der Waals surface area contributed by atoms with E-state index in [2.05, 4.69) is 50.0 Å². The lowest BCUT2D eigenvalue weighted by molar-refractivity contribution is 0.203. The average molecular weight is 396 g/mol. The van der Waals surface area contributed by atoms with Gasteiger partial charge in [0, 0.05) is 33.1 Å². The zero-order valence-electron chi connectivity index (χ0n) is 17.3. The van der Waals surface area contributed by atoms with Gasteiger partial charge in [-0.25, -0.2) is 9.67 Å². The van der Waals surface area contributed by atoms with Crippen LogP contribution in [0.2, 0.25) is 0 Å². The lowest BCUT2D eigenvalue weighted by Crippen LogP contribution is -2.40. The van der Waals surface area contributed by atoms with Gasteiger partial charge in [0.05, 0.1) is 18.3 Å². The SMILES string of the molecule is COCCNC(=NCc1nnc(C)n1C)NC(C)c1cccc(-n2cccn2)c1. The van der Waals surface area contributed by atoms with Gasteiger partial charge in [-0.05, 0) is 37.6 Å². The molecule has 0 bridgehead atoms. The van der Waals surface area contributed by atoms with Crippen LogP contribution in [-0.2, 0) is 18.3 Å². The van der Waals surface area contributed by atoms with E-state index in [1.54, 1.807) is 13.3 Å². The summed E-state index contributed by atoms with van der Waals surface area (Å²) in [5.41, 5.74) is 2.15. The second-order valence-electron chi connectivity index (χ2n) is 6.72. The van der Waals surface area contributed by atoms with E-state index in [0.717, 1.165) is 22.9 Å². The van der Waals surface area contributed by atoms with E-state index in [0.29, 0.717) is 25.7 Å². The van der Waals surface area contributed by atoms with Crippen molar-refractivity contribution in [1.29, 1.82) is 0 Å². The summed E-state index contributed by atoms with van der Waals surface area (Å²) in [5, 5.41) is 19.3. The number of benzene rings is 1. The molecule has 9 heteroatoms. The predicted octanol–water partition coefficient (Wildman–Crippen LogP) is 1.75. The van der Waals surface area contributed by atoms with Gasteiger partial charge >= 0.3 is 0 Å². The Balaban J connectivity index is 1.73. The number of hydrogen-bond acceptors (Lipinski definition) is 5. The van der Waals surface area contributed by atoms with Crippen LogP contribution < -0.4 is 10.6 Å². The van der Waals surface area contributed by atoms with E-state index >= 15 is 0 Å². The van der Waals surface area contributed by atoms with E-state index in [9.17, 15) is 0 Å². The van der Waals surface area contributed by atoms with E-state index in [-0.39, 0.29) is 6.04 Å². The number of aryl methyl sites for hydroxylation is 1. The van der Waals surface area contributed by atoms with Gasteiger partial charge < -0.3 is 19.9 Å². The Kier molecular flexibility index (Phi) is 6.96. The molecule has 0 aliphatic carbocycles. The van der Waals surface area contributed by atoms with Gasteiger partial charge in [0.1, 0.15) is 12.4 Å². The minimum atomic E-state index is 0.0422. The topological polar surface area (TPSA) is 94.2 Å². The van der Waals surface area contributed by atoms with Gasteiger partial charge in [0.2, 0.25) is 0 Å². The Morgan fingerprint density at radius 1 is 1.28 bits per heavy atom. The molecule has 9 nitrogen and oxygen atoms in total. The second kappa shape index (κ2) is 9.83. The number of nitrogens with zero attached hydrogens (tertiary/aromatic N) is 6. The standard InChI is InChI=1S/C20H28N8O/c1-15(17-7-5-8-18(13-17)28-11-6-9-23-28)24-20(21-10-12-29-4)22-14-19-26-25-16(2)27(19)3/h5-9,11,13,15H,10,12,14H2,1-4H3,(H2,21,22,24). The molecule has 0 radical (unpaired) electrons. The minimum absolute atomic E-state index is 0.0422. The molecule has 2 heterocycles. The number of rotatable bonds is 8. The normalized spacial score (nSPS) is 12.8. The Morgan fingerprint density at radius 2 is 2.14 bits per heavy atom. The van der Waals surface area contributed by atoms with Crippen molar-refractivity contribution in [2.75, 3.05) is 20.3 Å². The van der Waals surface area contributed by atoms with Crippen LogP contribution in [0.3, 0.4) is 0 Å². The molecule has 0 saturated carbocycles. The first-order valence-electron chi connectivity index (χ1n) is 9.57. The largest absolute Gasteiger partial charge is 0.383 e. The van der Waals surface area contributed by atoms with Gasteiger partial charge in [-0.1, -0.05) is 12.1 Å². The predicted molar refractivity (Wildman–Crippen MR) is 112 cm³/mol. The van der Waals surface area contributed by atoms with Gasteiger partial charge in [0.25, 0.3) is 0 Å². The van der Waals surface area contributed by atoms with E-state index in [4.69, 9.17) is 4.74 Å². The molecule has 2 aromatic heterocycles. The molecule has 1 atom stereocenters. The Morgan fingerprint density at radius 3 is 2.83 bits per heavy atom. The number of nitrogens with one attached hydrogen (secondary N) is 2. The molecule has 3 rings (SSSR count). The van der Waals surface area contributed by atoms with E-state index < -0.39 is 0 Å². The summed E-state index contributed by atoms with van der Waals surface area (Å²) in [4.78, 5) is 4.68. The van der Waals surface area contributed by atoms with Crippen molar-refractivity contribution >= 4 is 5.96 Å². The maximum absolute atomic E-state index is 5.14. The summed E-state index contributed by atoms with van der Waals surface area (Å²) in [6, 6.07) is 10.2. The molecular formula is C20H28N8O. The molecule has 29 heavy (non-hydrogen) atoms. The average Bonchev–Trinajstić information content (AvgIpc) is 3.38. The first-order valence-corrected chi connectivity index (χ1v) is 9.57. The minimum Gasteiger partial charge on any atom is -0.383 e. The lowest BCUT2D eigenvalue weighted by Gasteiger charge is -2.19. The monoisotopic (exact) mass is 396 g/mol. The van der Waals surface area contributed by atoms with Crippen LogP contribution in [0.1, 0.15) is 30.2 Å². The number of hydrogen-bond donors (Lipinski definition) is 2. The fourth-order valence-corrected chi connectivity index (χ4v) is 2.81. The number of ether oxygens (including phenoxy) is 1. The summed E-state index contributed by atoms with van der Waals surface area (Å²) >= 11 is 0. The van der Waals surface area contributed by atoms with Gasteiger partial charge in [-0.2, -0.15) is 5.10 Å². The molecule has 0 saturated heterocycles. The third-order valence-electron chi connectivity index (χ3n) is 4.65. The first kappa shape index (κ1) is 20.5. The van der Waals surface area contributed by atoms with Crippen molar-refractivity contribution in [3.05, 3.63) is 59.9 Å².